The van der Waals surface area contributed by atoms with Crippen molar-refractivity contribution in [1.82, 2.24) is 9.55 Å². The maximum absolute atomic E-state index is 11.8. The first-order valence-electron chi connectivity index (χ1n) is 7.61. The summed E-state index contributed by atoms with van der Waals surface area (Å²) in [6.45, 7) is 12.4. The van der Waals surface area contributed by atoms with E-state index in [1.807, 2.05) is 6.92 Å². The molecule has 0 saturated carbocycles. The van der Waals surface area contributed by atoms with Crippen LogP contribution < -0.4 is 11.2 Å². The Bertz CT molecular complexity index is 632. The lowest BCUT2D eigenvalue weighted by Crippen LogP contribution is -2.49. The van der Waals surface area contributed by atoms with Gasteiger partial charge in [-0.15, -0.1) is 0 Å². The van der Waals surface area contributed by atoms with Gasteiger partial charge in [0, 0.05) is 19.4 Å². The second-order valence-electron chi connectivity index (χ2n) is 7.21. The summed E-state index contributed by atoms with van der Waals surface area (Å²) in [4.78, 5) is 25.1. The van der Waals surface area contributed by atoms with Crippen molar-refractivity contribution in [2.45, 2.75) is 64.3 Å². The van der Waals surface area contributed by atoms with Gasteiger partial charge in [0.15, 0.2) is 14.5 Å². The number of nitrogens with one attached hydrogen (secondary N) is 1. The van der Waals surface area contributed by atoms with Crippen LogP contribution in [0, 0.1) is 0 Å². The average molecular weight is 344 g/mol. The predicted octanol–water partition coefficient (Wildman–Crippen LogP) is 1.45. The summed E-state index contributed by atoms with van der Waals surface area (Å²) in [5.41, 5.74) is -1.20. The van der Waals surface area contributed by atoms with Gasteiger partial charge >= 0.3 is 5.69 Å². The Morgan fingerprint density at radius 3 is 2.30 bits per heavy atom. The molecule has 0 saturated heterocycles. The van der Waals surface area contributed by atoms with Crippen molar-refractivity contribution in [2.75, 3.05) is 7.11 Å². The average Bonchev–Trinajstić information content (AvgIpc) is 2.37. The zero-order chi connectivity index (χ0) is 18.0. The molecule has 0 fully saturated rings. The normalized spacial score (nSPS) is 16.9. The Hall–Kier alpha value is -1.22. The van der Waals surface area contributed by atoms with Crippen LogP contribution in [0.4, 0.5) is 0 Å². The molecule has 2 N–H and O–H groups in total. The molecule has 132 valence electrons. The van der Waals surface area contributed by atoms with Crippen molar-refractivity contribution in [3.8, 4) is 0 Å². The van der Waals surface area contributed by atoms with Gasteiger partial charge in [0.25, 0.3) is 5.56 Å². The van der Waals surface area contributed by atoms with Crippen molar-refractivity contribution < 1.29 is 14.3 Å². The number of aromatic amines is 1. The Labute approximate surface area is 137 Å². The van der Waals surface area contributed by atoms with Crippen molar-refractivity contribution in [2.24, 2.45) is 0 Å². The van der Waals surface area contributed by atoms with E-state index in [0.717, 1.165) is 4.57 Å². The van der Waals surface area contributed by atoms with E-state index in [1.54, 1.807) is 0 Å². The van der Waals surface area contributed by atoms with Gasteiger partial charge in [-0.2, -0.15) is 0 Å². The highest BCUT2D eigenvalue weighted by molar-refractivity contribution is 6.74. The molecule has 23 heavy (non-hydrogen) atoms. The summed E-state index contributed by atoms with van der Waals surface area (Å²) in [6.07, 6.45) is -1.18. The SMILES string of the molecule is COC(C(C)O[Si](C)(C)C(C)(C)C)[C@@H](O)n1ccc(=O)[nH]c1=O. The lowest BCUT2D eigenvalue weighted by atomic mass is 10.2. The van der Waals surface area contributed by atoms with Crippen LogP contribution in [0.15, 0.2) is 21.9 Å². The number of H-pyrrole nitrogens is 1. The molecule has 0 aliphatic rings. The third-order valence-corrected chi connectivity index (χ3v) is 9.02. The van der Waals surface area contributed by atoms with Gasteiger partial charge in [0.2, 0.25) is 0 Å². The predicted molar refractivity (Wildman–Crippen MR) is 91.1 cm³/mol. The standard InChI is InChI=1S/C15H28N2O5Si/c1-10(22-23(6,7)15(2,3)4)12(21-5)13(19)17-9-8-11(18)16-14(17)20/h8-10,12-13,19H,1-7H3,(H,16,18,20)/t10?,12?,13-/m1/s1. The van der Waals surface area contributed by atoms with E-state index in [9.17, 15) is 14.7 Å². The van der Waals surface area contributed by atoms with Crippen LogP contribution in [0.1, 0.15) is 33.9 Å². The molecule has 1 aromatic heterocycles. The van der Waals surface area contributed by atoms with Gasteiger partial charge in [-0.3, -0.25) is 14.3 Å². The molecular formula is C15H28N2O5Si. The van der Waals surface area contributed by atoms with Crippen molar-refractivity contribution >= 4 is 8.32 Å². The number of methoxy groups -OCH3 is 1. The first kappa shape index (κ1) is 19.8. The molecule has 0 radical (unpaired) electrons. The maximum Gasteiger partial charge on any atom is 0.330 e. The summed E-state index contributed by atoms with van der Waals surface area (Å²) in [6, 6.07) is 1.18. The number of hydrogen-bond acceptors (Lipinski definition) is 5. The maximum atomic E-state index is 11.8. The zero-order valence-corrected chi connectivity index (χ0v) is 15.9. The summed E-state index contributed by atoms with van der Waals surface area (Å²) < 4.78 is 12.6. The van der Waals surface area contributed by atoms with Crippen LogP contribution in [0.3, 0.4) is 0 Å². The first-order valence-corrected chi connectivity index (χ1v) is 10.5. The Morgan fingerprint density at radius 2 is 1.87 bits per heavy atom. The molecule has 0 aromatic carbocycles. The molecule has 1 rings (SSSR count). The molecule has 0 amide bonds. The highest BCUT2D eigenvalue weighted by atomic mass is 28.4. The largest absolute Gasteiger partial charge is 0.411 e. The van der Waals surface area contributed by atoms with E-state index in [4.69, 9.17) is 9.16 Å². The Morgan fingerprint density at radius 1 is 1.30 bits per heavy atom. The Balaban J connectivity index is 3.03. The van der Waals surface area contributed by atoms with E-state index in [2.05, 4.69) is 38.8 Å². The van der Waals surface area contributed by atoms with Crippen LogP contribution in [-0.4, -0.2) is 42.3 Å². The lowest BCUT2D eigenvalue weighted by molar-refractivity contribution is -0.102. The zero-order valence-electron chi connectivity index (χ0n) is 14.9. The van der Waals surface area contributed by atoms with E-state index in [0.29, 0.717) is 0 Å². The fourth-order valence-electron chi connectivity index (χ4n) is 2.06. The van der Waals surface area contributed by atoms with Crippen LogP contribution in [0.25, 0.3) is 0 Å². The molecule has 1 aromatic rings. The van der Waals surface area contributed by atoms with Gasteiger partial charge in [-0.05, 0) is 25.1 Å². The monoisotopic (exact) mass is 344 g/mol. The summed E-state index contributed by atoms with van der Waals surface area (Å²) in [5.74, 6) is 0. The van der Waals surface area contributed by atoms with Gasteiger partial charge in [-0.25, -0.2) is 4.79 Å². The van der Waals surface area contributed by atoms with Crippen molar-refractivity contribution in [1.29, 1.82) is 0 Å². The molecule has 8 heteroatoms. The molecule has 1 heterocycles. The van der Waals surface area contributed by atoms with Gasteiger partial charge < -0.3 is 14.3 Å². The fourth-order valence-corrected chi connectivity index (χ4v) is 3.48. The second-order valence-corrected chi connectivity index (χ2v) is 12.0. The molecule has 0 spiro atoms. The quantitative estimate of drug-likeness (QED) is 0.762. The van der Waals surface area contributed by atoms with E-state index < -0.39 is 38.0 Å². The highest BCUT2D eigenvalue weighted by Crippen LogP contribution is 2.38. The number of aromatic nitrogens is 2. The molecule has 3 atom stereocenters. The number of rotatable bonds is 6. The Kier molecular flexibility index (Phi) is 6.14. The molecule has 0 bridgehead atoms. The topological polar surface area (TPSA) is 93.5 Å². The fraction of sp³-hybridized carbons (Fsp3) is 0.733. The summed E-state index contributed by atoms with van der Waals surface area (Å²) in [7, 11) is -0.598. The molecule has 2 unspecified atom stereocenters. The number of hydrogen-bond donors (Lipinski definition) is 2. The smallest absolute Gasteiger partial charge is 0.330 e. The van der Waals surface area contributed by atoms with Gasteiger partial charge in [0.1, 0.15) is 6.10 Å². The lowest BCUT2D eigenvalue weighted by Gasteiger charge is -2.40. The summed E-state index contributed by atoms with van der Waals surface area (Å²) >= 11 is 0. The minimum absolute atomic E-state index is 0.0132. The third-order valence-electron chi connectivity index (χ3n) is 4.45. The molecule has 7 nitrogen and oxygen atoms in total. The highest BCUT2D eigenvalue weighted by Gasteiger charge is 2.41. The number of aliphatic hydroxyl groups is 1. The van der Waals surface area contributed by atoms with Gasteiger partial charge in [-0.1, -0.05) is 20.8 Å². The minimum atomic E-state index is -2.05. The molecule has 0 aliphatic heterocycles. The van der Waals surface area contributed by atoms with E-state index in [1.165, 1.54) is 19.4 Å². The number of ether oxygens (including phenoxy) is 1. The molecular weight excluding hydrogens is 316 g/mol. The second kappa shape index (κ2) is 7.12. The third kappa shape index (κ3) is 4.63. The molecule has 0 aliphatic carbocycles. The minimum Gasteiger partial charge on any atom is -0.411 e. The van der Waals surface area contributed by atoms with Crippen LogP contribution in [0.2, 0.25) is 18.1 Å². The van der Waals surface area contributed by atoms with Crippen molar-refractivity contribution in [3.63, 3.8) is 0 Å². The van der Waals surface area contributed by atoms with E-state index >= 15 is 0 Å². The summed E-state index contributed by atoms with van der Waals surface area (Å²) in [5, 5.41) is 10.5. The van der Waals surface area contributed by atoms with E-state index in [-0.39, 0.29) is 5.04 Å². The number of nitrogens with zero attached hydrogens (tertiary/aromatic N) is 1. The van der Waals surface area contributed by atoms with Crippen LogP contribution in [-0.2, 0) is 9.16 Å². The van der Waals surface area contributed by atoms with Crippen LogP contribution in [0.5, 0.6) is 0 Å². The number of aliphatic hydroxyl groups excluding tert-OH is 1. The van der Waals surface area contributed by atoms with Crippen LogP contribution >= 0.6 is 0 Å². The van der Waals surface area contributed by atoms with Crippen molar-refractivity contribution in [3.05, 3.63) is 33.1 Å². The first-order chi connectivity index (χ1) is 10.4. The van der Waals surface area contributed by atoms with Gasteiger partial charge in [0.05, 0.1) is 6.10 Å².